The third-order valence-electron chi connectivity index (χ3n) is 3.70. The normalized spacial score (nSPS) is 12.3. The largest absolute Gasteiger partial charge is 0.480 e. The molecule has 2 aromatic rings. The number of likely N-dealkylation sites (N-methyl/N-ethyl adjacent to an activating group) is 1. The summed E-state index contributed by atoms with van der Waals surface area (Å²) >= 11 is 0. The van der Waals surface area contributed by atoms with Crippen LogP contribution in [-0.4, -0.2) is 38.3 Å². The van der Waals surface area contributed by atoms with Crippen LogP contribution in [-0.2, 0) is 18.4 Å². The minimum Gasteiger partial charge on any atom is -0.480 e. The number of para-hydroxylation sites is 1. The molecule has 0 unspecified atom stereocenters. The summed E-state index contributed by atoms with van der Waals surface area (Å²) < 4.78 is 1.83. The molecule has 102 valence electrons. The van der Waals surface area contributed by atoms with Crippen molar-refractivity contribution in [3.05, 3.63) is 30.0 Å². The monoisotopic (exact) mass is 261 g/mol. The van der Waals surface area contributed by atoms with E-state index in [0.717, 1.165) is 16.6 Å². The van der Waals surface area contributed by atoms with E-state index in [1.54, 1.807) is 25.8 Å². The molecule has 0 radical (unpaired) electrons. The van der Waals surface area contributed by atoms with E-state index in [2.05, 4.69) is 5.10 Å². The maximum Gasteiger partial charge on any atom is 0.323 e. The predicted octanol–water partition coefficient (Wildman–Crippen LogP) is 1.87. The molecule has 0 saturated carbocycles. The van der Waals surface area contributed by atoms with E-state index in [4.69, 9.17) is 0 Å². The van der Waals surface area contributed by atoms with Crippen LogP contribution in [0.3, 0.4) is 0 Å². The number of nitrogens with zero attached hydrogens (tertiary/aromatic N) is 3. The highest BCUT2D eigenvalue weighted by molar-refractivity contribution is 5.82. The molecule has 5 heteroatoms. The molecule has 5 nitrogen and oxygen atoms in total. The Morgan fingerprint density at radius 3 is 2.68 bits per heavy atom. The van der Waals surface area contributed by atoms with Gasteiger partial charge in [0.15, 0.2) is 0 Å². The number of fused-ring (bicyclic) bond motifs is 1. The molecule has 0 bridgehead atoms. The number of carboxylic acid groups (broad SMARTS) is 1. The van der Waals surface area contributed by atoms with E-state index >= 15 is 0 Å². The molecule has 0 aliphatic carbocycles. The Morgan fingerprint density at radius 1 is 1.42 bits per heavy atom. The van der Waals surface area contributed by atoms with Gasteiger partial charge in [-0.25, -0.2) is 0 Å². The molecule has 1 aromatic heterocycles. The van der Waals surface area contributed by atoms with E-state index in [0.29, 0.717) is 6.54 Å². The summed E-state index contributed by atoms with van der Waals surface area (Å²) in [7, 11) is 3.70. The lowest BCUT2D eigenvalue weighted by Gasteiger charge is -2.30. The number of rotatable bonds is 4. The average molecular weight is 261 g/mol. The quantitative estimate of drug-likeness (QED) is 0.912. The molecule has 0 amide bonds. The fraction of sp³-hybridized carbons (Fsp3) is 0.429. The lowest BCUT2D eigenvalue weighted by molar-refractivity contribution is -0.148. The van der Waals surface area contributed by atoms with Crippen molar-refractivity contribution >= 4 is 16.9 Å². The summed E-state index contributed by atoms with van der Waals surface area (Å²) in [5.74, 6) is -0.838. The SMILES string of the molecule is CN(Cc1nn(C)c2ccccc12)C(C)(C)C(=O)O. The number of carbonyl (C=O) groups is 1. The van der Waals surface area contributed by atoms with Crippen LogP contribution in [0, 0.1) is 0 Å². The molecule has 19 heavy (non-hydrogen) atoms. The maximum atomic E-state index is 11.3. The number of carboxylic acids is 1. The summed E-state index contributed by atoms with van der Waals surface area (Å²) in [5.41, 5.74) is 1.03. The Morgan fingerprint density at radius 2 is 2.05 bits per heavy atom. The molecular formula is C14H19N3O2. The fourth-order valence-corrected chi connectivity index (χ4v) is 1.99. The van der Waals surface area contributed by atoms with Gasteiger partial charge in [-0.3, -0.25) is 14.4 Å². The fourth-order valence-electron chi connectivity index (χ4n) is 1.99. The highest BCUT2D eigenvalue weighted by Crippen LogP contribution is 2.21. The molecule has 0 atom stereocenters. The topological polar surface area (TPSA) is 58.4 Å². The molecule has 0 saturated heterocycles. The van der Waals surface area contributed by atoms with E-state index in [1.807, 2.05) is 36.0 Å². The van der Waals surface area contributed by atoms with Crippen molar-refractivity contribution in [3.63, 3.8) is 0 Å². The van der Waals surface area contributed by atoms with Crippen molar-refractivity contribution in [1.82, 2.24) is 14.7 Å². The van der Waals surface area contributed by atoms with Gasteiger partial charge >= 0.3 is 5.97 Å². The molecule has 0 spiro atoms. The van der Waals surface area contributed by atoms with Crippen molar-refractivity contribution in [2.75, 3.05) is 7.05 Å². The van der Waals surface area contributed by atoms with Crippen LogP contribution in [0.5, 0.6) is 0 Å². The molecule has 1 aromatic carbocycles. The summed E-state index contributed by atoms with van der Waals surface area (Å²) in [6.45, 7) is 3.89. The first kappa shape index (κ1) is 13.5. The van der Waals surface area contributed by atoms with Crippen LogP contribution >= 0.6 is 0 Å². The first-order valence-electron chi connectivity index (χ1n) is 6.19. The Bertz CT molecular complexity index is 616. The minimum absolute atomic E-state index is 0.501. The predicted molar refractivity (Wildman–Crippen MR) is 73.9 cm³/mol. The van der Waals surface area contributed by atoms with E-state index in [-0.39, 0.29) is 0 Å². The Kier molecular flexibility index (Phi) is 3.32. The van der Waals surface area contributed by atoms with Crippen molar-refractivity contribution in [3.8, 4) is 0 Å². The van der Waals surface area contributed by atoms with Gasteiger partial charge in [-0.05, 0) is 27.0 Å². The summed E-state index contributed by atoms with van der Waals surface area (Å²) in [5, 5.41) is 14.8. The Hall–Kier alpha value is -1.88. The van der Waals surface area contributed by atoms with E-state index < -0.39 is 11.5 Å². The lowest BCUT2D eigenvalue weighted by atomic mass is 10.0. The molecule has 0 fully saturated rings. The molecule has 1 N–H and O–H groups in total. The number of aliphatic carboxylic acids is 1. The molecule has 0 aliphatic heterocycles. The second-order valence-electron chi connectivity index (χ2n) is 5.31. The van der Waals surface area contributed by atoms with Gasteiger partial charge < -0.3 is 5.11 Å². The number of aryl methyl sites for hydroxylation is 1. The van der Waals surface area contributed by atoms with E-state index in [1.165, 1.54) is 0 Å². The van der Waals surface area contributed by atoms with Crippen LogP contribution in [0.1, 0.15) is 19.5 Å². The van der Waals surface area contributed by atoms with Gasteiger partial charge in [0.05, 0.1) is 11.2 Å². The zero-order valence-corrected chi connectivity index (χ0v) is 11.7. The van der Waals surface area contributed by atoms with Gasteiger partial charge in [0.25, 0.3) is 0 Å². The third-order valence-corrected chi connectivity index (χ3v) is 3.70. The Labute approximate surface area is 112 Å². The first-order chi connectivity index (χ1) is 8.84. The van der Waals surface area contributed by atoms with Crippen LogP contribution in [0.25, 0.3) is 10.9 Å². The summed E-state index contributed by atoms with van der Waals surface area (Å²) in [6.07, 6.45) is 0. The lowest BCUT2D eigenvalue weighted by Crippen LogP contribution is -2.47. The van der Waals surface area contributed by atoms with Gasteiger partial charge in [-0.15, -0.1) is 0 Å². The highest BCUT2D eigenvalue weighted by Gasteiger charge is 2.32. The maximum absolute atomic E-state index is 11.3. The smallest absolute Gasteiger partial charge is 0.323 e. The molecule has 2 rings (SSSR count). The number of hydrogen-bond acceptors (Lipinski definition) is 3. The van der Waals surface area contributed by atoms with Crippen LogP contribution in [0.4, 0.5) is 0 Å². The van der Waals surface area contributed by atoms with Crippen LogP contribution < -0.4 is 0 Å². The summed E-state index contributed by atoms with van der Waals surface area (Å²) in [4.78, 5) is 13.0. The zero-order chi connectivity index (χ0) is 14.2. The van der Waals surface area contributed by atoms with Crippen molar-refractivity contribution in [1.29, 1.82) is 0 Å². The average Bonchev–Trinajstić information content (AvgIpc) is 2.67. The third kappa shape index (κ3) is 2.33. The zero-order valence-electron chi connectivity index (χ0n) is 11.7. The van der Waals surface area contributed by atoms with Crippen LogP contribution in [0.15, 0.2) is 24.3 Å². The number of hydrogen-bond donors (Lipinski definition) is 1. The van der Waals surface area contributed by atoms with Gasteiger partial charge in [0.1, 0.15) is 5.54 Å². The summed E-state index contributed by atoms with van der Waals surface area (Å²) in [6, 6.07) is 7.96. The Balaban J connectivity index is 2.34. The van der Waals surface area contributed by atoms with Gasteiger partial charge in [-0.2, -0.15) is 5.10 Å². The van der Waals surface area contributed by atoms with Gasteiger partial charge in [0, 0.05) is 19.0 Å². The van der Waals surface area contributed by atoms with Crippen molar-refractivity contribution in [2.45, 2.75) is 25.9 Å². The van der Waals surface area contributed by atoms with E-state index in [9.17, 15) is 9.90 Å². The molecular weight excluding hydrogens is 242 g/mol. The number of benzene rings is 1. The molecule has 0 aliphatic rings. The molecule has 1 heterocycles. The second-order valence-corrected chi connectivity index (χ2v) is 5.31. The first-order valence-corrected chi connectivity index (χ1v) is 6.19. The number of aromatic nitrogens is 2. The van der Waals surface area contributed by atoms with Crippen molar-refractivity contribution < 1.29 is 9.90 Å². The highest BCUT2D eigenvalue weighted by atomic mass is 16.4. The van der Waals surface area contributed by atoms with Gasteiger partial charge in [0.2, 0.25) is 0 Å². The standard InChI is InChI=1S/C14H19N3O2/c1-14(2,13(18)19)16(3)9-11-10-7-5-6-8-12(10)17(4)15-11/h5-8H,9H2,1-4H3,(H,18,19). The van der Waals surface area contributed by atoms with Crippen molar-refractivity contribution in [2.24, 2.45) is 7.05 Å². The van der Waals surface area contributed by atoms with Crippen LogP contribution in [0.2, 0.25) is 0 Å². The minimum atomic E-state index is -0.918. The van der Waals surface area contributed by atoms with Gasteiger partial charge in [-0.1, -0.05) is 18.2 Å². The second kappa shape index (κ2) is 4.66.